The molecule has 0 amide bonds. The maximum Gasteiger partial charge on any atom is 0.131 e. The van der Waals surface area contributed by atoms with E-state index in [4.69, 9.17) is 11.6 Å². The first-order valence-corrected chi connectivity index (χ1v) is 7.07. The second-order valence-corrected chi connectivity index (χ2v) is 5.42. The molecular weight excluding hydrogens is 289 g/mol. The molecule has 1 atom stereocenters. The molecule has 0 radical (unpaired) electrons. The summed E-state index contributed by atoms with van der Waals surface area (Å²) in [5.74, 6) is 0.553. The predicted molar refractivity (Wildman–Crippen MR) is 84.2 cm³/mol. The number of nitrogens with zero attached hydrogens (tertiary/aromatic N) is 2. The molecule has 0 aliphatic heterocycles. The number of imidazole rings is 1. The van der Waals surface area contributed by atoms with Gasteiger partial charge in [0.15, 0.2) is 0 Å². The summed E-state index contributed by atoms with van der Waals surface area (Å²) in [7, 11) is 1.98. The van der Waals surface area contributed by atoms with Gasteiger partial charge in [0, 0.05) is 7.05 Å². The van der Waals surface area contributed by atoms with Crippen molar-refractivity contribution >= 4 is 28.3 Å². The van der Waals surface area contributed by atoms with Crippen molar-refractivity contribution in [1.29, 1.82) is 0 Å². The third kappa shape index (κ3) is 2.59. The number of benzene rings is 2. The largest absolute Gasteiger partial charge is 0.374 e. The maximum atomic E-state index is 13.1. The van der Waals surface area contributed by atoms with Crippen LogP contribution < -0.4 is 5.32 Å². The van der Waals surface area contributed by atoms with Crippen LogP contribution >= 0.6 is 11.6 Å². The van der Waals surface area contributed by atoms with E-state index in [9.17, 15) is 4.39 Å². The number of anilines is 1. The zero-order chi connectivity index (χ0) is 15.0. The quantitative estimate of drug-likeness (QED) is 0.770. The zero-order valence-corrected chi connectivity index (χ0v) is 12.5. The number of halogens is 2. The normalized spacial score (nSPS) is 12.6. The van der Waals surface area contributed by atoms with Crippen LogP contribution in [0.3, 0.4) is 0 Å². The Kier molecular flexibility index (Phi) is 3.55. The van der Waals surface area contributed by atoms with Crippen LogP contribution in [0.5, 0.6) is 0 Å². The zero-order valence-electron chi connectivity index (χ0n) is 11.8. The maximum absolute atomic E-state index is 13.1. The minimum atomic E-state index is -0.346. The molecule has 5 heteroatoms. The van der Waals surface area contributed by atoms with E-state index in [0.29, 0.717) is 10.7 Å². The highest BCUT2D eigenvalue weighted by Crippen LogP contribution is 2.27. The molecular formula is C16H15ClFN3. The summed E-state index contributed by atoms with van der Waals surface area (Å²) in [5, 5.41) is 3.64. The van der Waals surface area contributed by atoms with Gasteiger partial charge < -0.3 is 9.88 Å². The summed E-state index contributed by atoms with van der Waals surface area (Å²) in [6.07, 6.45) is 0. The highest BCUT2D eigenvalue weighted by molar-refractivity contribution is 6.33. The summed E-state index contributed by atoms with van der Waals surface area (Å²) in [6, 6.07) is 12.2. The molecule has 1 heterocycles. The molecule has 1 aromatic heterocycles. The lowest BCUT2D eigenvalue weighted by atomic mass is 10.2. The third-order valence-electron chi connectivity index (χ3n) is 3.51. The first kappa shape index (κ1) is 13.9. The Bertz CT molecular complexity index is 797. The van der Waals surface area contributed by atoms with E-state index in [2.05, 4.69) is 10.3 Å². The summed E-state index contributed by atoms with van der Waals surface area (Å²) >= 11 is 6.05. The van der Waals surface area contributed by atoms with E-state index in [-0.39, 0.29) is 11.9 Å². The fourth-order valence-electron chi connectivity index (χ4n) is 2.46. The first-order valence-electron chi connectivity index (χ1n) is 6.69. The summed E-state index contributed by atoms with van der Waals surface area (Å²) in [4.78, 5) is 4.64. The monoisotopic (exact) mass is 303 g/mol. The smallest absolute Gasteiger partial charge is 0.131 e. The minimum Gasteiger partial charge on any atom is -0.374 e. The number of aromatic nitrogens is 2. The van der Waals surface area contributed by atoms with Crippen molar-refractivity contribution in [3.05, 3.63) is 59.1 Å². The number of hydrogen-bond acceptors (Lipinski definition) is 2. The average Bonchev–Trinajstić information content (AvgIpc) is 2.80. The molecule has 1 unspecified atom stereocenters. The molecule has 0 saturated carbocycles. The number of hydrogen-bond donors (Lipinski definition) is 1. The van der Waals surface area contributed by atoms with Crippen LogP contribution in [0, 0.1) is 5.82 Å². The van der Waals surface area contributed by atoms with Gasteiger partial charge >= 0.3 is 0 Å². The van der Waals surface area contributed by atoms with Gasteiger partial charge in [-0.05, 0) is 37.3 Å². The van der Waals surface area contributed by atoms with Gasteiger partial charge in [-0.15, -0.1) is 0 Å². The molecule has 3 aromatic rings. The molecule has 3 rings (SSSR count). The van der Waals surface area contributed by atoms with Crippen LogP contribution in [0.15, 0.2) is 42.5 Å². The third-order valence-corrected chi connectivity index (χ3v) is 3.82. The van der Waals surface area contributed by atoms with Gasteiger partial charge in [0.05, 0.1) is 27.8 Å². The van der Waals surface area contributed by atoms with Gasteiger partial charge in [0.2, 0.25) is 0 Å². The molecule has 3 nitrogen and oxygen atoms in total. The Morgan fingerprint density at radius 2 is 2.00 bits per heavy atom. The van der Waals surface area contributed by atoms with Gasteiger partial charge in [0.1, 0.15) is 11.6 Å². The molecule has 0 fully saturated rings. The van der Waals surface area contributed by atoms with Gasteiger partial charge in [-0.1, -0.05) is 23.7 Å². The van der Waals surface area contributed by atoms with Crippen molar-refractivity contribution in [2.24, 2.45) is 7.05 Å². The van der Waals surface area contributed by atoms with Gasteiger partial charge in [-0.2, -0.15) is 0 Å². The molecule has 0 saturated heterocycles. The Labute approximate surface area is 127 Å². The standard InChI is InChI=1S/C16H15ClFN3/c1-10(19-13-8-7-11(18)9-12(13)17)16-20-14-5-3-4-6-15(14)21(16)2/h3-10,19H,1-2H3. The molecule has 2 aromatic carbocycles. The van der Waals surface area contributed by atoms with Gasteiger partial charge in [-0.25, -0.2) is 9.37 Å². The molecule has 0 aliphatic rings. The van der Waals surface area contributed by atoms with E-state index >= 15 is 0 Å². The second-order valence-electron chi connectivity index (χ2n) is 5.01. The highest BCUT2D eigenvalue weighted by atomic mass is 35.5. The average molecular weight is 304 g/mol. The molecule has 108 valence electrons. The highest BCUT2D eigenvalue weighted by Gasteiger charge is 2.15. The van der Waals surface area contributed by atoms with E-state index in [1.54, 1.807) is 6.07 Å². The van der Waals surface area contributed by atoms with Crippen molar-refractivity contribution in [3.63, 3.8) is 0 Å². The van der Waals surface area contributed by atoms with Gasteiger partial charge in [-0.3, -0.25) is 0 Å². The Morgan fingerprint density at radius 1 is 1.24 bits per heavy atom. The van der Waals surface area contributed by atoms with E-state index in [1.165, 1.54) is 12.1 Å². The first-order chi connectivity index (χ1) is 10.1. The number of para-hydroxylation sites is 2. The van der Waals surface area contributed by atoms with Crippen molar-refractivity contribution in [2.75, 3.05) is 5.32 Å². The molecule has 1 N–H and O–H groups in total. The van der Waals surface area contributed by atoms with Crippen molar-refractivity contribution in [2.45, 2.75) is 13.0 Å². The number of aryl methyl sites for hydroxylation is 1. The van der Waals surface area contributed by atoms with E-state index < -0.39 is 0 Å². The SMILES string of the molecule is CC(Nc1ccc(F)cc1Cl)c1nc2ccccc2n1C. The lowest BCUT2D eigenvalue weighted by molar-refractivity contribution is 0.628. The summed E-state index contributed by atoms with van der Waals surface area (Å²) < 4.78 is 15.1. The van der Waals surface area contributed by atoms with Crippen LogP contribution in [0.4, 0.5) is 10.1 Å². The topological polar surface area (TPSA) is 29.9 Å². The Hall–Kier alpha value is -2.07. The van der Waals surface area contributed by atoms with Crippen molar-refractivity contribution in [1.82, 2.24) is 9.55 Å². The van der Waals surface area contributed by atoms with Gasteiger partial charge in [0.25, 0.3) is 0 Å². The fourth-order valence-corrected chi connectivity index (χ4v) is 2.68. The molecule has 0 spiro atoms. The Balaban J connectivity index is 1.93. The van der Waals surface area contributed by atoms with Crippen LogP contribution in [0.1, 0.15) is 18.8 Å². The molecule has 0 aliphatic carbocycles. The Morgan fingerprint density at radius 3 is 2.71 bits per heavy atom. The van der Waals surface area contributed by atoms with E-state index in [1.807, 2.05) is 42.8 Å². The van der Waals surface area contributed by atoms with Crippen LogP contribution in [-0.2, 0) is 7.05 Å². The van der Waals surface area contributed by atoms with Crippen molar-refractivity contribution in [3.8, 4) is 0 Å². The van der Waals surface area contributed by atoms with Crippen molar-refractivity contribution < 1.29 is 4.39 Å². The van der Waals surface area contributed by atoms with Crippen LogP contribution in [-0.4, -0.2) is 9.55 Å². The van der Waals surface area contributed by atoms with Crippen LogP contribution in [0.25, 0.3) is 11.0 Å². The lowest BCUT2D eigenvalue weighted by Crippen LogP contribution is -2.12. The van der Waals surface area contributed by atoms with Crippen LogP contribution in [0.2, 0.25) is 5.02 Å². The molecule has 21 heavy (non-hydrogen) atoms. The number of rotatable bonds is 3. The fraction of sp³-hybridized carbons (Fsp3) is 0.188. The van der Waals surface area contributed by atoms with E-state index in [0.717, 1.165) is 16.9 Å². The number of nitrogens with one attached hydrogen (secondary N) is 1. The predicted octanol–water partition coefficient (Wildman–Crippen LogP) is 4.54. The second kappa shape index (κ2) is 5.37. The summed E-state index contributed by atoms with van der Waals surface area (Å²) in [6.45, 7) is 2.00. The molecule has 0 bridgehead atoms. The number of fused-ring (bicyclic) bond motifs is 1. The minimum absolute atomic E-state index is 0.0506. The lowest BCUT2D eigenvalue weighted by Gasteiger charge is -2.16. The summed E-state index contributed by atoms with van der Waals surface area (Å²) in [5.41, 5.74) is 2.72.